The first-order valence-electron chi connectivity index (χ1n) is 9.22. The molecular weight excluding hydrogens is 339 g/mol. The first-order valence-corrected chi connectivity index (χ1v) is 9.22. The smallest absolute Gasteiger partial charge is 0.399 e. The Labute approximate surface area is 159 Å². The van der Waals surface area contributed by atoms with Gasteiger partial charge < -0.3 is 9.31 Å². The van der Waals surface area contributed by atoms with E-state index >= 15 is 0 Å². The van der Waals surface area contributed by atoms with Crippen LogP contribution in [-0.2, 0) is 23.4 Å². The van der Waals surface area contributed by atoms with Crippen molar-refractivity contribution in [3.8, 4) is 11.1 Å². The lowest BCUT2D eigenvalue weighted by molar-refractivity contribution is 0.00578. The Bertz CT molecular complexity index is 1060. The van der Waals surface area contributed by atoms with Gasteiger partial charge in [-0.25, -0.2) is 4.79 Å². The summed E-state index contributed by atoms with van der Waals surface area (Å²) in [4.78, 5) is 12.1. The minimum Gasteiger partial charge on any atom is -0.399 e. The number of fused-ring (bicyclic) bond motifs is 1. The molecule has 0 radical (unpaired) electrons. The largest absolute Gasteiger partial charge is 0.494 e. The predicted molar refractivity (Wildman–Crippen MR) is 109 cm³/mol. The summed E-state index contributed by atoms with van der Waals surface area (Å²) in [6.07, 6.45) is 0. The SMILES string of the molecule is Cn1c(=O)n(C)c2cc(-c3ccc(B4OC(C)(C)C(C)(C)O4)cc3)ccc21. The van der Waals surface area contributed by atoms with E-state index in [0.717, 1.165) is 27.6 Å². The summed E-state index contributed by atoms with van der Waals surface area (Å²) in [6.45, 7) is 8.23. The van der Waals surface area contributed by atoms with Crippen LogP contribution in [0, 0.1) is 0 Å². The molecule has 0 spiro atoms. The van der Waals surface area contributed by atoms with Gasteiger partial charge in [0.1, 0.15) is 0 Å². The number of hydrogen-bond donors (Lipinski definition) is 0. The molecule has 0 N–H and O–H groups in total. The van der Waals surface area contributed by atoms with Gasteiger partial charge >= 0.3 is 12.8 Å². The van der Waals surface area contributed by atoms with Gasteiger partial charge in [0.2, 0.25) is 0 Å². The number of benzene rings is 2. The van der Waals surface area contributed by atoms with Gasteiger partial charge in [0.25, 0.3) is 0 Å². The summed E-state index contributed by atoms with van der Waals surface area (Å²) in [6, 6.07) is 14.3. The van der Waals surface area contributed by atoms with Crippen LogP contribution >= 0.6 is 0 Å². The Hall–Kier alpha value is -2.31. The Kier molecular flexibility index (Phi) is 3.91. The van der Waals surface area contributed by atoms with E-state index in [2.05, 4.69) is 45.9 Å². The monoisotopic (exact) mass is 364 g/mol. The Morgan fingerprint density at radius 3 is 1.89 bits per heavy atom. The van der Waals surface area contributed by atoms with Crippen LogP contribution in [0.25, 0.3) is 22.2 Å². The van der Waals surface area contributed by atoms with Crippen LogP contribution in [0.3, 0.4) is 0 Å². The molecule has 0 amide bonds. The van der Waals surface area contributed by atoms with E-state index in [1.165, 1.54) is 0 Å². The molecule has 6 heteroatoms. The Balaban J connectivity index is 1.66. The van der Waals surface area contributed by atoms with Gasteiger partial charge in [-0.2, -0.15) is 0 Å². The number of hydrogen-bond acceptors (Lipinski definition) is 3. The zero-order valence-electron chi connectivity index (χ0n) is 16.7. The van der Waals surface area contributed by atoms with E-state index in [4.69, 9.17) is 9.31 Å². The van der Waals surface area contributed by atoms with Crippen molar-refractivity contribution in [3.63, 3.8) is 0 Å². The quantitative estimate of drug-likeness (QED) is 0.657. The normalized spacial score (nSPS) is 18.4. The number of aromatic nitrogens is 2. The average molecular weight is 364 g/mol. The summed E-state index contributed by atoms with van der Waals surface area (Å²) >= 11 is 0. The molecule has 0 unspecified atom stereocenters. The Morgan fingerprint density at radius 1 is 0.778 bits per heavy atom. The molecule has 0 atom stereocenters. The number of aryl methyl sites for hydroxylation is 2. The van der Waals surface area contributed by atoms with Crippen molar-refractivity contribution < 1.29 is 9.31 Å². The topological polar surface area (TPSA) is 45.4 Å². The highest BCUT2D eigenvalue weighted by molar-refractivity contribution is 6.62. The molecule has 27 heavy (non-hydrogen) atoms. The molecule has 3 aromatic rings. The van der Waals surface area contributed by atoms with E-state index in [9.17, 15) is 4.79 Å². The maximum absolute atomic E-state index is 12.1. The minimum absolute atomic E-state index is 0.0155. The van der Waals surface area contributed by atoms with Crippen molar-refractivity contribution in [1.82, 2.24) is 9.13 Å². The molecule has 1 fully saturated rings. The third-order valence-electron chi connectivity index (χ3n) is 6.04. The van der Waals surface area contributed by atoms with E-state index < -0.39 is 0 Å². The van der Waals surface area contributed by atoms with Crippen molar-refractivity contribution in [2.45, 2.75) is 38.9 Å². The van der Waals surface area contributed by atoms with Crippen molar-refractivity contribution in [3.05, 3.63) is 52.9 Å². The lowest BCUT2D eigenvalue weighted by Crippen LogP contribution is -2.41. The molecule has 140 valence electrons. The minimum atomic E-state index is -0.360. The molecule has 0 aliphatic carbocycles. The molecule has 0 bridgehead atoms. The van der Waals surface area contributed by atoms with Crippen molar-refractivity contribution in [2.24, 2.45) is 14.1 Å². The summed E-state index contributed by atoms with van der Waals surface area (Å²) in [5.41, 5.74) is 4.32. The fourth-order valence-electron chi connectivity index (χ4n) is 3.50. The molecule has 1 aliphatic heterocycles. The first kappa shape index (κ1) is 18.1. The van der Waals surface area contributed by atoms with Gasteiger partial charge in [-0.05, 0) is 56.4 Å². The first-order chi connectivity index (χ1) is 12.6. The zero-order chi connectivity index (χ0) is 19.6. The molecule has 1 aliphatic rings. The lowest BCUT2D eigenvalue weighted by atomic mass is 9.78. The third kappa shape index (κ3) is 2.75. The van der Waals surface area contributed by atoms with Crippen LogP contribution in [0.5, 0.6) is 0 Å². The van der Waals surface area contributed by atoms with E-state index in [1.807, 2.05) is 24.3 Å². The summed E-state index contributed by atoms with van der Waals surface area (Å²) in [5.74, 6) is 0. The number of rotatable bonds is 2. The summed E-state index contributed by atoms with van der Waals surface area (Å²) in [5, 5.41) is 0. The van der Waals surface area contributed by atoms with Gasteiger partial charge in [-0.3, -0.25) is 9.13 Å². The van der Waals surface area contributed by atoms with Crippen LogP contribution in [0.15, 0.2) is 47.3 Å². The molecule has 0 saturated carbocycles. The molecule has 4 rings (SSSR count). The predicted octanol–water partition coefficient (Wildman–Crippen LogP) is 2.84. The fourth-order valence-corrected chi connectivity index (χ4v) is 3.50. The fraction of sp³-hybridized carbons (Fsp3) is 0.381. The highest BCUT2D eigenvalue weighted by Gasteiger charge is 2.51. The zero-order valence-corrected chi connectivity index (χ0v) is 16.7. The molecule has 5 nitrogen and oxygen atoms in total. The standard InChI is InChI=1S/C21H25BN2O3/c1-20(2)21(3,4)27-22(26-20)16-10-7-14(8-11-16)15-9-12-17-18(13-15)24(6)19(25)23(17)5/h7-13H,1-6H3. The molecule has 1 saturated heterocycles. The van der Waals surface area contributed by atoms with Gasteiger partial charge in [-0.1, -0.05) is 30.3 Å². The van der Waals surface area contributed by atoms with E-state index in [0.29, 0.717) is 0 Å². The van der Waals surface area contributed by atoms with Crippen molar-refractivity contribution >= 4 is 23.6 Å². The second-order valence-corrected chi connectivity index (χ2v) is 8.31. The average Bonchev–Trinajstić information content (AvgIpc) is 2.99. The highest BCUT2D eigenvalue weighted by Crippen LogP contribution is 2.36. The van der Waals surface area contributed by atoms with Crippen LogP contribution in [-0.4, -0.2) is 27.5 Å². The molecular formula is C21H25BN2O3. The van der Waals surface area contributed by atoms with Gasteiger partial charge in [0.05, 0.1) is 22.2 Å². The van der Waals surface area contributed by atoms with Gasteiger partial charge in [0.15, 0.2) is 0 Å². The highest BCUT2D eigenvalue weighted by atomic mass is 16.7. The van der Waals surface area contributed by atoms with Crippen LogP contribution < -0.4 is 11.2 Å². The molecule has 2 aromatic carbocycles. The second-order valence-electron chi connectivity index (χ2n) is 8.31. The molecule has 2 heterocycles. The van der Waals surface area contributed by atoms with Crippen LogP contribution in [0.1, 0.15) is 27.7 Å². The number of nitrogens with zero attached hydrogens (tertiary/aromatic N) is 2. The second kappa shape index (κ2) is 5.84. The van der Waals surface area contributed by atoms with Crippen molar-refractivity contribution in [2.75, 3.05) is 0 Å². The van der Waals surface area contributed by atoms with Gasteiger partial charge in [-0.15, -0.1) is 0 Å². The summed E-state index contributed by atoms with van der Waals surface area (Å²) in [7, 11) is 3.24. The van der Waals surface area contributed by atoms with Crippen LogP contribution in [0.2, 0.25) is 0 Å². The number of imidazole rings is 1. The van der Waals surface area contributed by atoms with Gasteiger partial charge in [0, 0.05) is 14.1 Å². The van der Waals surface area contributed by atoms with E-state index in [1.54, 1.807) is 23.2 Å². The maximum Gasteiger partial charge on any atom is 0.494 e. The third-order valence-corrected chi connectivity index (χ3v) is 6.04. The lowest BCUT2D eigenvalue weighted by Gasteiger charge is -2.32. The van der Waals surface area contributed by atoms with Crippen molar-refractivity contribution in [1.29, 1.82) is 0 Å². The van der Waals surface area contributed by atoms with E-state index in [-0.39, 0.29) is 24.0 Å². The van der Waals surface area contributed by atoms with Crippen LogP contribution in [0.4, 0.5) is 0 Å². The summed E-state index contributed by atoms with van der Waals surface area (Å²) < 4.78 is 15.6. The maximum atomic E-state index is 12.1. The Morgan fingerprint density at radius 2 is 1.30 bits per heavy atom. The molecule has 1 aromatic heterocycles.